The van der Waals surface area contributed by atoms with Gasteiger partial charge in [-0.15, -0.1) is 0 Å². The summed E-state index contributed by atoms with van der Waals surface area (Å²) in [5.74, 6) is 0. The van der Waals surface area contributed by atoms with Crippen LogP contribution in [0.3, 0.4) is 0 Å². The standard InChI is InChI=1S/C8H11N5O/c1-6(14)4-12-5-13-8(3-10)7(11)2-9/h5-6,14H,4,11H2,1H3,(H,12,13)/b8-7-. The Bertz CT molecular complexity index is 318. The molecule has 6 nitrogen and oxygen atoms in total. The fraction of sp³-hybridized carbons (Fsp3) is 0.375. The monoisotopic (exact) mass is 193 g/mol. The van der Waals surface area contributed by atoms with Crippen LogP contribution in [0.4, 0.5) is 0 Å². The molecule has 0 radical (unpaired) electrons. The Hall–Kier alpha value is -2.05. The molecule has 0 amide bonds. The van der Waals surface area contributed by atoms with Crippen molar-refractivity contribution >= 4 is 6.34 Å². The van der Waals surface area contributed by atoms with Crippen LogP contribution in [0.5, 0.6) is 0 Å². The molecule has 0 saturated carbocycles. The average molecular weight is 193 g/mol. The SMILES string of the molecule is CC(O)CN=CN/C(C#N)=C(\N)C#N. The van der Waals surface area contributed by atoms with Crippen LogP contribution in [0, 0.1) is 22.7 Å². The maximum Gasteiger partial charge on any atom is 0.152 e. The van der Waals surface area contributed by atoms with Crippen LogP contribution in [0.15, 0.2) is 16.4 Å². The summed E-state index contributed by atoms with van der Waals surface area (Å²) in [6.07, 6.45) is 0.672. The van der Waals surface area contributed by atoms with E-state index in [1.54, 1.807) is 19.1 Å². The third kappa shape index (κ3) is 4.75. The van der Waals surface area contributed by atoms with Gasteiger partial charge in [-0.3, -0.25) is 4.99 Å². The minimum Gasteiger partial charge on any atom is -0.391 e. The number of aliphatic hydroxyl groups is 1. The van der Waals surface area contributed by atoms with Gasteiger partial charge >= 0.3 is 0 Å². The summed E-state index contributed by atoms with van der Waals surface area (Å²) in [4.78, 5) is 3.74. The van der Waals surface area contributed by atoms with Crippen LogP contribution in [0.1, 0.15) is 6.92 Å². The first kappa shape index (κ1) is 11.9. The lowest BCUT2D eigenvalue weighted by molar-refractivity contribution is 0.204. The third-order valence-electron chi connectivity index (χ3n) is 1.17. The molecule has 0 aliphatic rings. The Labute approximate surface area is 82.0 Å². The number of aliphatic hydroxyl groups excluding tert-OH is 1. The molecule has 0 aromatic carbocycles. The molecule has 0 bridgehead atoms. The van der Waals surface area contributed by atoms with Crippen LogP contribution < -0.4 is 11.1 Å². The lowest BCUT2D eigenvalue weighted by atomic mass is 10.4. The van der Waals surface area contributed by atoms with E-state index in [4.69, 9.17) is 21.4 Å². The predicted molar refractivity (Wildman–Crippen MR) is 50.6 cm³/mol. The second-order valence-electron chi connectivity index (χ2n) is 2.50. The molecule has 0 saturated heterocycles. The highest BCUT2D eigenvalue weighted by Crippen LogP contribution is 1.89. The molecule has 1 unspecified atom stereocenters. The van der Waals surface area contributed by atoms with Gasteiger partial charge < -0.3 is 16.2 Å². The summed E-state index contributed by atoms with van der Waals surface area (Å²) < 4.78 is 0. The van der Waals surface area contributed by atoms with Crippen molar-refractivity contribution in [3.63, 3.8) is 0 Å². The summed E-state index contributed by atoms with van der Waals surface area (Å²) in [6.45, 7) is 1.81. The highest BCUT2D eigenvalue weighted by atomic mass is 16.3. The number of hydrogen-bond donors (Lipinski definition) is 3. The van der Waals surface area contributed by atoms with E-state index in [1.165, 1.54) is 6.34 Å². The van der Waals surface area contributed by atoms with Gasteiger partial charge in [-0.1, -0.05) is 0 Å². The summed E-state index contributed by atoms with van der Waals surface area (Å²) >= 11 is 0. The van der Waals surface area contributed by atoms with Gasteiger partial charge in [0.05, 0.1) is 19.0 Å². The number of nitrogens with two attached hydrogens (primary N) is 1. The molecule has 0 fully saturated rings. The first-order valence-corrected chi connectivity index (χ1v) is 3.84. The number of nitrogens with zero attached hydrogens (tertiary/aromatic N) is 3. The minimum atomic E-state index is -0.545. The zero-order chi connectivity index (χ0) is 11.0. The maximum atomic E-state index is 8.83. The van der Waals surface area contributed by atoms with Crippen molar-refractivity contribution in [2.75, 3.05) is 6.54 Å². The van der Waals surface area contributed by atoms with E-state index in [-0.39, 0.29) is 17.9 Å². The van der Waals surface area contributed by atoms with Crippen molar-refractivity contribution in [2.45, 2.75) is 13.0 Å². The minimum absolute atomic E-state index is 0.0538. The second-order valence-corrected chi connectivity index (χ2v) is 2.50. The van der Waals surface area contributed by atoms with Crippen molar-refractivity contribution in [1.29, 1.82) is 10.5 Å². The van der Waals surface area contributed by atoms with Gasteiger partial charge in [0, 0.05) is 0 Å². The highest BCUT2D eigenvalue weighted by molar-refractivity contribution is 5.60. The first-order chi connectivity index (χ1) is 6.61. The van der Waals surface area contributed by atoms with E-state index in [0.29, 0.717) is 0 Å². The van der Waals surface area contributed by atoms with E-state index in [9.17, 15) is 0 Å². The number of rotatable bonds is 4. The molecule has 74 valence electrons. The van der Waals surface area contributed by atoms with Crippen molar-refractivity contribution in [3.05, 3.63) is 11.4 Å². The third-order valence-corrected chi connectivity index (χ3v) is 1.17. The van der Waals surface area contributed by atoms with Crippen molar-refractivity contribution < 1.29 is 5.11 Å². The Balaban J connectivity index is 4.20. The number of nitrogens with one attached hydrogen (secondary N) is 1. The number of allylic oxidation sites excluding steroid dienone is 2. The van der Waals surface area contributed by atoms with Gasteiger partial charge in [-0.2, -0.15) is 10.5 Å². The topological polar surface area (TPSA) is 118 Å². The van der Waals surface area contributed by atoms with Crippen molar-refractivity contribution in [1.82, 2.24) is 5.32 Å². The fourth-order valence-corrected chi connectivity index (χ4v) is 0.542. The van der Waals surface area contributed by atoms with Gasteiger partial charge in [0.2, 0.25) is 0 Å². The van der Waals surface area contributed by atoms with Crippen LogP contribution in [-0.2, 0) is 0 Å². The maximum absolute atomic E-state index is 8.83. The molecular formula is C8H11N5O. The van der Waals surface area contributed by atoms with Gasteiger partial charge in [0.25, 0.3) is 0 Å². The van der Waals surface area contributed by atoms with E-state index >= 15 is 0 Å². The zero-order valence-electron chi connectivity index (χ0n) is 7.73. The molecule has 0 aromatic rings. The summed E-state index contributed by atoms with van der Waals surface area (Å²) in [6, 6.07) is 3.34. The molecule has 0 aliphatic carbocycles. The van der Waals surface area contributed by atoms with Crippen molar-refractivity contribution in [2.24, 2.45) is 10.7 Å². The van der Waals surface area contributed by atoms with E-state index in [0.717, 1.165) is 0 Å². The molecule has 0 aromatic heterocycles. The van der Waals surface area contributed by atoms with Gasteiger partial charge in [-0.05, 0) is 6.92 Å². The Morgan fingerprint density at radius 3 is 2.71 bits per heavy atom. The number of aliphatic imine (C=N–C) groups is 1. The fourth-order valence-electron chi connectivity index (χ4n) is 0.542. The summed E-state index contributed by atoms with van der Waals surface area (Å²) in [5, 5.41) is 28.2. The normalized spacial score (nSPS) is 14.0. The molecule has 0 aliphatic heterocycles. The molecule has 1 atom stereocenters. The Morgan fingerprint density at radius 1 is 1.64 bits per heavy atom. The summed E-state index contributed by atoms with van der Waals surface area (Å²) in [5.41, 5.74) is 4.94. The van der Waals surface area contributed by atoms with Crippen LogP contribution >= 0.6 is 0 Å². The largest absolute Gasteiger partial charge is 0.391 e. The lowest BCUT2D eigenvalue weighted by Crippen LogP contribution is -2.16. The molecule has 6 heteroatoms. The smallest absolute Gasteiger partial charge is 0.152 e. The zero-order valence-corrected chi connectivity index (χ0v) is 7.73. The quantitative estimate of drug-likeness (QED) is 0.307. The first-order valence-electron chi connectivity index (χ1n) is 3.84. The second kappa shape index (κ2) is 6.46. The average Bonchev–Trinajstić information content (AvgIpc) is 2.16. The number of nitriles is 2. The summed E-state index contributed by atoms with van der Waals surface area (Å²) in [7, 11) is 0. The van der Waals surface area contributed by atoms with Crippen LogP contribution in [-0.4, -0.2) is 24.1 Å². The van der Waals surface area contributed by atoms with E-state index in [1.807, 2.05) is 0 Å². The molecular weight excluding hydrogens is 182 g/mol. The van der Waals surface area contributed by atoms with E-state index < -0.39 is 6.10 Å². The highest BCUT2D eigenvalue weighted by Gasteiger charge is 1.98. The lowest BCUT2D eigenvalue weighted by Gasteiger charge is -1.99. The van der Waals surface area contributed by atoms with Gasteiger partial charge in [-0.25, -0.2) is 0 Å². The van der Waals surface area contributed by atoms with Gasteiger partial charge in [0.15, 0.2) is 5.70 Å². The van der Waals surface area contributed by atoms with E-state index in [2.05, 4.69) is 10.3 Å². The van der Waals surface area contributed by atoms with Crippen LogP contribution in [0.2, 0.25) is 0 Å². The van der Waals surface area contributed by atoms with Crippen molar-refractivity contribution in [3.8, 4) is 12.1 Å². The number of hydrogen-bond acceptors (Lipinski definition) is 5. The predicted octanol–water partition coefficient (Wildman–Crippen LogP) is -0.797. The molecule has 0 heterocycles. The molecule has 0 rings (SSSR count). The molecule has 14 heavy (non-hydrogen) atoms. The Morgan fingerprint density at radius 2 is 2.29 bits per heavy atom. The Kier molecular flexibility index (Phi) is 5.52. The molecule has 0 spiro atoms. The molecule has 4 N–H and O–H groups in total. The van der Waals surface area contributed by atoms with Gasteiger partial charge in [0.1, 0.15) is 17.8 Å². The van der Waals surface area contributed by atoms with Crippen LogP contribution in [0.25, 0.3) is 0 Å².